The number of rotatable bonds is 8. The van der Waals surface area contributed by atoms with Crippen LogP contribution in [0.1, 0.15) is 23.6 Å². The molecular weight excluding hydrogens is 417 g/mol. The van der Waals surface area contributed by atoms with E-state index in [9.17, 15) is 21.6 Å². The summed E-state index contributed by atoms with van der Waals surface area (Å²) in [6, 6.07) is 12.0. The first-order chi connectivity index (χ1) is 14.1. The topological polar surface area (TPSA) is 82.6 Å². The molecule has 0 aliphatic rings. The van der Waals surface area contributed by atoms with E-state index < -0.39 is 21.8 Å². The Balaban J connectivity index is 1.99. The highest BCUT2D eigenvalue weighted by atomic mass is 32.2. The van der Waals surface area contributed by atoms with Gasteiger partial charge < -0.3 is 10.6 Å². The first kappa shape index (κ1) is 23.5. The van der Waals surface area contributed by atoms with Gasteiger partial charge >= 0.3 is 6.18 Å². The monoisotopic (exact) mass is 442 g/mol. The molecule has 164 valence electrons. The van der Waals surface area contributed by atoms with Crippen LogP contribution in [0.15, 0.2) is 53.5 Å². The van der Waals surface area contributed by atoms with E-state index >= 15 is 0 Å². The zero-order valence-electron chi connectivity index (χ0n) is 16.8. The van der Waals surface area contributed by atoms with Crippen LogP contribution >= 0.6 is 0 Å². The summed E-state index contributed by atoms with van der Waals surface area (Å²) in [5, 5.41) is 6.22. The molecule has 0 saturated carbocycles. The van der Waals surface area contributed by atoms with Crippen LogP contribution in [-0.4, -0.2) is 33.7 Å². The lowest BCUT2D eigenvalue weighted by Gasteiger charge is -2.13. The lowest BCUT2D eigenvalue weighted by molar-refractivity contribution is -0.137. The number of benzene rings is 2. The predicted molar refractivity (Wildman–Crippen MR) is 113 cm³/mol. The van der Waals surface area contributed by atoms with Gasteiger partial charge in [0, 0.05) is 13.1 Å². The SMILES string of the molecule is CCNC(=NCc1ccccc1NS(C)(=O)=O)NCCc1ccc(C(F)(F)F)cc1. The van der Waals surface area contributed by atoms with Gasteiger partial charge in [0.05, 0.1) is 24.1 Å². The van der Waals surface area contributed by atoms with Crippen LogP contribution in [-0.2, 0) is 29.2 Å². The van der Waals surface area contributed by atoms with Gasteiger partial charge in [0.1, 0.15) is 0 Å². The molecule has 10 heteroatoms. The molecule has 0 saturated heterocycles. The van der Waals surface area contributed by atoms with Crippen molar-refractivity contribution in [2.24, 2.45) is 4.99 Å². The maximum absolute atomic E-state index is 12.6. The summed E-state index contributed by atoms with van der Waals surface area (Å²) in [6.07, 6.45) is -2.74. The van der Waals surface area contributed by atoms with Crippen molar-refractivity contribution in [2.45, 2.75) is 26.1 Å². The number of aliphatic imine (C=N–C) groups is 1. The van der Waals surface area contributed by atoms with E-state index in [0.29, 0.717) is 36.7 Å². The smallest absolute Gasteiger partial charge is 0.357 e. The molecule has 0 fully saturated rings. The van der Waals surface area contributed by atoms with E-state index in [1.807, 2.05) is 6.92 Å². The minimum Gasteiger partial charge on any atom is -0.357 e. The molecule has 0 atom stereocenters. The molecule has 2 aromatic carbocycles. The average molecular weight is 443 g/mol. The van der Waals surface area contributed by atoms with Gasteiger partial charge in [-0.25, -0.2) is 13.4 Å². The van der Waals surface area contributed by atoms with Crippen LogP contribution in [0, 0.1) is 0 Å². The second-order valence-electron chi connectivity index (χ2n) is 6.60. The van der Waals surface area contributed by atoms with Crippen molar-refractivity contribution in [3.05, 3.63) is 65.2 Å². The van der Waals surface area contributed by atoms with Crippen LogP contribution in [0.5, 0.6) is 0 Å². The van der Waals surface area contributed by atoms with Gasteiger partial charge in [0.2, 0.25) is 10.0 Å². The molecule has 0 aromatic heterocycles. The summed E-state index contributed by atoms with van der Waals surface area (Å²) in [4.78, 5) is 4.46. The number of sulfonamides is 1. The molecule has 0 heterocycles. The van der Waals surface area contributed by atoms with E-state index in [1.54, 1.807) is 24.3 Å². The predicted octanol–water partition coefficient (Wildman–Crippen LogP) is 3.37. The van der Waals surface area contributed by atoms with Crippen molar-refractivity contribution < 1.29 is 21.6 Å². The van der Waals surface area contributed by atoms with Gasteiger partial charge in [-0.05, 0) is 42.7 Å². The quantitative estimate of drug-likeness (QED) is 0.432. The number of alkyl halides is 3. The van der Waals surface area contributed by atoms with Crippen LogP contribution in [0.25, 0.3) is 0 Å². The minimum atomic E-state index is -4.34. The zero-order valence-corrected chi connectivity index (χ0v) is 17.6. The molecule has 2 aromatic rings. The standard InChI is InChI=1S/C20H25F3N4O2S/c1-3-24-19(25-13-12-15-8-10-17(11-9-15)20(21,22)23)26-14-16-6-4-5-7-18(16)27-30(2,28)29/h4-11,27H,3,12-14H2,1-2H3,(H2,24,25,26). The van der Waals surface area contributed by atoms with Crippen LogP contribution in [0.3, 0.4) is 0 Å². The van der Waals surface area contributed by atoms with E-state index in [1.165, 1.54) is 12.1 Å². The Labute approximate surface area is 174 Å². The van der Waals surface area contributed by atoms with Gasteiger partial charge in [-0.3, -0.25) is 4.72 Å². The summed E-state index contributed by atoms with van der Waals surface area (Å²) < 4.78 is 63.4. The van der Waals surface area contributed by atoms with Crippen LogP contribution in [0.4, 0.5) is 18.9 Å². The number of halogens is 3. The molecule has 0 spiro atoms. The molecule has 0 radical (unpaired) electrons. The normalized spacial score (nSPS) is 12.5. The Morgan fingerprint density at radius 1 is 1.03 bits per heavy atom. The molecule has 0 aliphatic heterocycles. The number of hydrogen-bond donors (Lipinski definition) is 3. The van der Waals surface area contributed by atoms with Gasteiger partial charge in [-0.2, -0.15) is 13.2 Å². The zero-order chi connectivity index (χ0) is 22.2. The highest BCUT2D eigenvalue weighted by molar-refractivity contribution is 7.92. The number of para-hydroxylation sites is 1. The van der Waals surface area contributed by atoms with Gasteiger partial charge in [-0.15, -0.1) is 0 Å². The molecule has 0 amide bonds. The maximum atomic E-state index is 12.6. The average Bonchev–Trinajstić information content (AvgIpc) is 2.65. The summed E-state index contributed by atoms with van der Waals surface area (Å²) in [7, 11) is -3.41. The Hall–Kier alpha value is -2.75. The van der Waals surface area contributed by atoms with Crippen molar-refractivity contribution in [1.29, 1.82) is 0 Å². The second-order valence-corrected chi connectivity index (χ2v) is 8.35. The summed E-state index contributed by atoms with van der Waals surface area (Å²) in [5.41, 5.74) is 1.27. The van der Waals surface area contributed by atoms with E-state index in [0.717, 1.165) is 24.0 Å². The fraction of sp³-hybridized carbons (Fsp3) is 0.350. The van der Waals surface area contributed by atoms with Crippen molar-refractivity contribution in [3.8, 4) is 0 Å². The Kier molecular flexibility index (Phi) is 8.10. The van der Waals surface area contributed by atoms with Gasteiger partial charge in [0.25, 0.3) is 0 Å². The molecule has 0 unspecified atom stereocenters. The highest BCUT2D eigenvalue weighted by Gasteiger charge is 2.29. The lowest BCUT2D eigenvalue weighted by Crippen LogP contribution is -2.38. The number of nitrogens with one attached hydrogen (secondary N) is 3. The Morgan fingerprint density at radius 2 is 1.70 bits per heavy atom. The van der Waals surface area contributed by atoms with Crippen molar-refractivity contribution in [1.82, 2.24) is 10.6 Å². The van der Waals surface area contributed by atoms with Crippen molar-refractivity contribution in [3.63, 3.8) is 0 Å². The molecule has 0 bridgehead atoms. The maximum Gasteiger partial charge on any atom is 0.416 e. The van der Waals surface area contributed by atoms with Crippen LogP contribution in [0.2, 0.25) is 0 Å². The summed E-state index contributed by atoms with van der Waals surface area (Å²) in [6.45, 7) is 3.25. The molecule has 3 N–H and O–H groups in total. The third kappa shape index (κ3) is 7.94. The molecule has 0 aliphatic carbocycles. The molecule has 30 heavy (non-hydrogen) atoms. The third-order valence-corrected chi connectivity index (χ3v) is 4.64. The fourth-order valence-electron chi connectivity index (χ4n) is 2.65. The number of hydrogen-bond acceptors (Lipinski definition) is 3. The Morgan fingerprint density at radius 3 is 2.30 bits per heavy atom. The van der Waals surface area contributed by atoms with Crippen LogP contribution < -0.4 is 15.4 Å². The fourth-order valence-corrected chi connectivity index (χ4v) is 3.25. The van der Waals surface area contributed by atoms with Gasteiger partial charge in [-0.1, -0.05) is 30.3 Å². The van der Waals surface area contributed by atoms with Gasteiger partial charge in [0.15, 0.2) is 5.96 Å². The Bertz CT molecular complexity index is 959. The molecular formula is C20H25F3N4O2S. The number of nitrogens with zero attached hydrogens (tertiary/aromatic N) is 1. The number of guanidine groups is 1. The first-order valence-electron chi connectivity index (χ1n) is 9.32. The minimum absolute atomic E-state index is 0.244. The largest absolute Gasteiger partial charge is 0.416 e. The number of anilines is 1. The second kappa shape index (κ2) is 10.3. The van der Waals surface area contributed by atoms with Crippen molar-refractivity contribution in [2.75, 3.05) is 24.1 Å². The van der Waals surface area contributed by atoms with E-state index in [2.05, 4.69) is 20.3 Å². The lowest BCUT2D eigenvalue weighted by atomic mass is 10.1. The van der Waals surface area contributed by atoms with E-state index in [4.69, 9.17) is 0 Å². The van der Waals surface area contributed by atoms with E-state index in [-0.39, 0.29) is 6.54 Å². The molecule has 2 rings (SSSR count). The summed E-state index contributed by atoms with van der Waals surface area (Å²) in [5.74, 6) is 0.526. The summed E-state index contributed by atoms with van der Waals surface area (Å²) >= 11 is 0. The third-order valence-electron chi connectivity index (χ3n) is 4.05. The first-order valence-corrected chi connectivity index (χ1v) is 11.2. The molecule has 6 nitrogen and oxygen atoms in total. The highest BCUT2D eigenvalue weighted by Crippen LogP contribution is 2.29. The van der Waals surface area contributed by atoms with Crippen molar-refractivity contribution >= 4 is 21.7 Å².